The molecule has 0 fully saturated rings. The molecule has 0 aliphatic carbocycles. The summed E-state index contributed by atoms with van der Waals surface area (Å²) in [6, 6.07) is 13.7. The number of aliphatic hydroxyl groups is 1. The first-order valence-corrected chi connectivity index (χ1v) is 8.08. The predicted molar refractivity (Wildman–Crippen MR) is 92.8 cm³/mol. The van der Waals surface area contributed by atoms with Crippen molar-refractivity contribution in [2.75, 3.05) is 6.61 Å². The van der Waals surface area contributed by atoms with Gasteiger partial charge in [-0.25, -0.2) is 0 Å². The monoisotopic (exact) mass is 323 g/mol. The first-order chi connectivity index (χ1) is 11.8. The Balaban J connectivity index is 1.61. The number of pyridine rings is 1. The van der Waals surface area contributed by atoms with E-state index in [0.29, 0.717) is 6.54 Å². The summed E-state index contributed by atoms with van der Waals surface area (Å²) in [5, 5.41) is 14.6. The van der Waals surface area contributed by atoms with E-state index in [2.05, 4.69) is 23.1 Å². The van der Waals surface area contributed by atoms with Crippen molar-refractivity contribution < 1.29 is 9.84 Å². The van der Waals surface area contributed by atoms with Gasteiger partial charge in [0.05, 0.1) is 12.2 Å². The molecule has 1 unspecified atom stereocenters. The molecule has 2 aromatic heterocycles. The van der Waals surface area contributed by atoms with Gasteiger partial charge < -0.3 is 9.84 Å². The zero-order chi connectivity index (χ0) is 16.8. The van der Waals surface area contributed by atoms with E-state index >= 15 is 0 Å². The summed E-state index contributed by atoms with van der Waals surface area (Å²) in [5.41, 5.74) is 3.11. The second kappa shape index (κ2) is 7.75. The maximum Gasteiger partial charge on any atom is 0.119 e. The molecule has 0 aliphatic rings. The van der Waals surface area contributed by atoms with E-state index in [1.807, 2.05) is 36.4 Å². The molecule has 2 heterocycles. The molecular weight excluding hydrogens is 302 g/mol. The third-order valence-corrected chi connectivity index (χ3v) is 3.81. The first kappa shape index (κ1) is 16.2. The number of aromatic nitrogens is 3. The minimum absolute atomic E-state index is 0.222. The Morgan fingerprint density at radius 1 is 1.17 bits per heavy atom. The van der Waals surface area contributed by atoms with Crippen molar-refractivity contribution in [3.63, 3.8) is 0 Å². The molecule has 0 bridgehead atoms. The number of hydrogen-bond donors (Lipinski definition) is 1. The molecule has 5 nitrogen and oxygen atoms in total. The van der Waals surface area contributed by atoms with Gasteiger partial charge in [0.25, 0.3) is 0 Å². The van der Waals surface area contributed by atoms with Crippen LogP contribution in [0.25, 0.3) is 11.3 Å². The highest BCUT2D eigenvalue weighted by Crippen LogP contribution is 2.18. The lowest BCUT2D eigenvalue weighted by Gasteiger charge is -2.15. The molecule has 0 amide bonds. The van der Waals surface area contributed by atoms with Gasteiger partial charge in [-0.2, -0.15) is 5.10 Å². The number of rotatable bonds is 7. The van der Waals surface area contributed by atoms with Crippen molar-refractivity contribution in [3.8, 4) is 17.0 Å². The molecule has 3 rings (SSSR count). The summed E-state index contributed by atoms with van der Waals surface area (Å²) >= 11 is 0. The second-order valence-electron chi connectivity index (χ2n) is 5.61. The van der Waals surface area contributed by atoms with Crippen LogP contribution in [-0.4, -0.2) is 32.6 Å². The number of benzene rings is 1. The zero-order valence-electron chi connectivity index (χ0n) is 13.7. The van der Waals surface area contributed by atoms with Gasteiger partial charge in [-0.3, -0.25) is 9.67 Å². The minimum Gasteiger partial charge on any atom is -0.491 e. The van der Waals surface area contributed by atoms with Gasteiger partial charge in [0, 0.05) is 24.2 Å². The van der Waals surface area contributed by atoms with Crippen LogP contribution in [0.4, 0.5) is 0 Å². The van der Waals surface area contributed by atoms with Crippen molar-refractivity contribution in [1.29, 1.82) is 0 Å². The van der Waals surface area contributed by atoms with Crippen molar-refractivity contribution >= 4 is 0 Å². The Labute approximate surface area is 141 Å². The van der Waals surface area contributed by atoms with Crippen LogP contribution in [0.2, 0.25) is 0 Å². The van der Waals surface area contributed by atoms with Crippen molar-refractivity contribution in [1.82, 2.24) is 14.8 Å². The average molecular weight is 323 g/mol. The summed E-state index contributed by atoms with van der Waals surface area (Å²) < 4.78 is 7.47. The molecule has 5 heteroatoms. The van der Waals surface area contributed by atoms with Crippen LogP contribution in [0.5, 0.6) is 5.75 Å². The molecular formula is C19H21N3O2. The van der Waals surface area contributed by atoms with Crippen LogP contribution >= 0.6 is 0 Å². The van der Waals surface area contributed by atoms with Gasteiger partial charge in [0.15, 0.2) is 0 Å². The fourth-order valence-corrected chi connectivity index (χ4v) is 2.54. The van der Waals surface area contributed by atoms with Gasteiger partial charge >= 0.3 is 0 Å². The number of ether oxygens (including phenoxy) is 1. The van der Waals surface area contributed by atoms with Crippen molar-refractivity contribution in [3.05, 3.63) is 66.6 Å². The van der Waals surface area contributed by atoms with Crippen LogP contribution in [0.15, 0.2) is 61.1 Å². The van der Waals surface area contributed by atoms with E-state index in [9.17, 15) is 5.11 Å². The van der Waals surface area contributed by atoms with Crippen LogP contribution < -0.4 is 4.74 Å². The van der Waals surface area contributed by atoms with Gasteiger partial charge in [0.1, 0.15) is 18.5 Å². The van der Waals surface area contributed by atoms with E-state index < -0.39 is 6.10 Å². The SMILES string of the molecule is CCc1cccc(OCC(O)Cn2nccc2-c2cccnc2)c1. The van der Waals surface area contributed by atoms with Crippen LogP contribution in [-0.2, 0) is 13.0 Å². The Morgan fingerprint density at radius 2 is 2.08 bits per heavy atom. The highest BCUT2D eigenvalue weighted by molar-refractivity contribution is 5.57. The molecule has 0 spiro atoms. The second-order valence-corrected chi connectivity index (χ2v) is 5.61. The third-order valence-electron chi connectivity index (χ3n) is 3.81. The number of aliphatic hydroxyl groups excluding tert-OH is 1. The summed E-state index contributed by atoms with van der Waals surface area (Å²) in [6.07, 6.45) is 5.55. The summed E-state index contributed by atoms with van der Waals surface area (Å²) in [7, 11) is 0. The Kier molecular flexibility index (Phi) is 5.23. The summed E-state index contributed by atoms with van der Waals surface area (Å²) in [6.45, 7) is 2.69. The number of hydrogen-bond acceptors (Lipinski definition) is 4. The van der Waals surface area contributed by atoms with Crippen LogP contribution in [0.1, 0.15) is 12.5 Å². The third kappa shape index (κ3) is 4.00. The van der Waals surface area contributed by atoms with Gasteiger partial charge in [-0.1, -0.05) is 19.1 Å². The Bertz CT molecular complexity index is 771. The molecule has 1 aromatic carbocycles. The Hall–Kier alpha value is -2.66. The van der Waals surface area contributed by atoms with E-state index in [-0.39, 0.29) is 6.61 Å². The molecule has 1 atom stereocenters. The Morgan fingerprint density at radius 3 is 2.88 bits per heavy atom. The highest BCUT2D eigenvalue weighted by atomic mass is 16.5. The lowest BCUT2D eigenvalue weighted by atomic mass is 10.2. The molecule has 1 N–H and O–H groups in total. The lowest BCUT2D eigenvalue weighted by molar-refractivity contribution is 0.0897. The standard InChI is InChI=1S/C19H21N3O2/c1-2-15-5-3-7-18(11-15)24-14-17(23)13-22-19(8-10-21-22)16-6-4-9-20-12-16/h3-12,17,23H,2,13-14H2,1H3. The van der Waals surface area contributed by atoms with E-state index in [0.717, 1.165) is 23.4 Å². The van der Waals surface area contributed by atoms with E-state index in [1.165, 1.54) is 5.56 Å². The van der Waals surface area contributed by atoms with Gasteiger partial charge in [0.2, 0.25) is 0 Å². The van der Waals surface area contributed by atoms with E-state index in [1.54, 1.807) is 23.3 Å². The normalized spacial score (nSPS) is 12.1. The fourth-order valence-electron chi connectivity index (χ4n) is 2.54. The quantitative estimate of drug-likeness (QED) is 0.726. The largest absolute Gasteiger partial charge is 0.491 e. The average Bonchev–Trinajstić information content (AvgIpc) is 3.09. The summed E-state index contributed by atoms with van der Waals surface area (Å²) in [5.74, 6) is 0.779. The molecule has 3 aromatic rings. The molecule has 124 valence electrons. The number of nitrogens with zero attached hydrogens (tertiary/aromatic N) is 3. The maximum atomic E-state index is 10.3. The smallest absolute Gasteiger partial charge is 0.119 e. The minimum atomic E-state index is -0.648. The lowest BCUT2D eigenvalue weighted by Crippen LogP contribution is -2.24. The molecule has 0 aliphatic heterocycles. The highest BCUT2D eigenvalue weighted by Gasteiger charge is 2.11. The molecule has 24 heavy (non-hydrogen) atoms. The van der Waals surface area contributed by atoms with Crippen molar-refractivity contribution in [2.24, 2.45) is 0 Å². The summed E-state index contributed by atoms with van der Waals surface area (Å²) in [4.78, 5) is 4.12. The van der Waals surface area contributed by atoms with Crippen LogP contribution in [0.3, 0.4) is 0 Å². The van der Waals surface area contributed by atoms with Gasteiger partial charge in [-0.15, -0.1) is 0 Å². The van der Waals surface area contributed by atoms with Crippen molar-refractivity contribution in [2.45, 2.75) is 26.0 Å². The molecule has 0 radical (unpaired) electrons. The van der Waals surface area contributed by atoms with E-state index in [4.69, 9.17) is 4.74 Å². The maximum absolute atomic E-state index is 10.3. The molecule has 0 saturated heterocycles. The number of aryl methyl sites for hydroxylation is 1. The zero-order valence-corrected chi connectivity index (χ0v) is 13.7. The van der Waals surface area contributed by atoms with Gasteiger partial charge in [-0.05, 0) is 42.3 Å². The topological polar surface area (TPSA) is 60.2 Å². The molecule has 0 saturated carbocycles. The van der Waals surface area contributed by atoms with Crippen LogP contribution in [0, 0.1) is 0 Å². The fraction of sp³-hybridized carbons (Fsp3) is 0.263. The first-order valence-electron chi connectivity index (χ1n) is 8.08. The predicted octanol–water partition coefficient (Wildman–Crippen LogP) is 2.95.